The molecular formula is C26H33F3N6OS. The van der Waals surface area contributed by atoms with E-state index >= 15 is 0 Å². The van der Waals surface area contributed by atoms with Gasteiger partial charge < -0.3 is 16.0 Å². The lowest BCUT2D eigenvalue weighted by atomic mass is 10.0. The summed E-state index contributed by atoms with van der Waals surface area (Å²) in [5, 5.41) is 2.72. The van der Waals surface area contributed by atoms with Gasteiger partial charge in [-0.05, 0) is 35.9 Å². The highest BCUT2D eigenvalue weighted by atomic mass is 32.1. The SMILES string of the molecule is CC.CN1CCN(CC(N)c2nc(C(F)(F)F)c(C(=O)NCc3cccc(-c4cccnc4)c3)s2)CC1. The highest BCUT2D eigenvalue weighted by Crippen LogP contribution is 2.36. The van der Waals surface area contributed by atoms with Gasteiger partial charge >= 0.3 is 6.18 Å². The monoisotopic (exact) mass is 534 g/mol. The summed E-state index contributed by atoms with van der Waals surface area (Å²) in [6.07, 6.45) is -1.36. The maximum absolute atomic E-state index is 13.7. The molecule has 1 aromatic carbocycles. The van der Waals surface area contributed by atoms with Gasteiger partial charge in [0.05, 0.1) is 6.04 Å². The van der Waals surface area contributed by atoms with Crippen LogP contribution >= 0.6 is 11.3 Å². The van der Waals surface area contributed by atoms with E-state index in [1.54, 1.807) is 18.5 Å². The van der Waals surface area contributed by atoms with Crippen LogP contribution < -0.4 is 11.1 Å². The van der Waals surface area contributed by atoms with Crippen molar-refractivity contribution in [3.63, 3.8) is 0 Å². The Labute approximate surface area is 219 Å². The number of pyridine rings is 1. The van der Waals surface area contributed by atoms with Gasteiger partial charge in [-0.15, -0.1) is 11.3 Å². The summed E-state index contributed by atoms with van der Waals surface area (Å²) in [5.74, 6) is -0.820. The van der Waals surface area contributed by atoms with Crippen molar-refractivity contribution in [3.05, 3.63) is 69.9 Å². The first-order chi connectivity index (χ1) is 17.7. The fraction of sp³-hybridized carbons (Fsp3) is 0.423. The number of halogens is 3. The zero-order valence-electron chi connectivity index (χ0n) is 21.3. The number of nitrogens with zero attached hydrogens (tertiary/aromatic N) is 4. The average Bonchev–Trinajstić information content (AvgIpc) is 3.37. The van der Waals surface area contributed by atoms with E-state index in [4.69, 9.17) is 5.73 Å². The van der Waals surface area contributed by atoms with Gasteiger partial charge in [0.25, 0.3) is 5.91 Å². The second kappa shape index (κ2) is 13.1. The van der Waals surface area contributed by atoms with Crippen LogP contribution in [0.15, 0.2) is 48.8 Å². The summed E-state index contributed by atoms with van der Waals surface area (Å²) in [6, 6.07) is 10.4. The Morgan fingerprint density at radius 1 is 1.14 bits per heavy atom. The van der Waals surface area contributed by atoms with Crippen LogP contribution in [0.4, 0.5) is 13.2 Å². The number of aromatic nitrogens is 2. The summed E-state index contributed by atoms with van der Waals surface area (Å²) < 4.78 is 41.1. The molecule has 3 heterocycles. The molecule has 1 saturated heterocycles. The van der Waals surface area contributed by atoms with E-state index in [0.29, 0.717) is 17.9 Å². The summed E-state index contributed by atoms with van der Waals surface area (Å²) in [7, 11) is 2.02. The highest BCUT2D eigenvalue weighted by molar-refractivity contribution is 7.13. The first-order valence-corrected chi connectivity index (χ1v) is 13.0. The molecular weight excluding hydrogens is 501 g/mol. The zero-order chi connectivity index (χ0) is 27.0. The third-order valence-corrected chi connectivity index (χ3v) is 7.05. The van der Waals surface area contributed by atoms with Gasteiger partial charge in [0, 0.05) is 51.7 Å². The number of nitrogens with one attached hydrogen (secondary N) is 1. The maximum atomic E-state index is 13.7. The predicted octanol–water partition coefficient (Wildman–Crippen LogP) is 4.43. The van der Waals surface area contributed by atoms with Gasteiger partial charge in [-0.3, -0.25) is 14.7 Å². The molecule has 1 aliphatic heterocycles. The van der Waals surface area contributed by atoms with Crippen molar-refractivity contribution < 1.29 is 18.0 Å². The maximum Gasteiger partial charge on any atom is 0.435 e. The van der Waals surface area contributed by atoms with Crippen molar-refractivity contribution in [2.75, 3.05) is 39.8 Å². The number of alkyl halides is 3. The molecule has 0 saturated carbocycles. The fourth-order valence-electron chi connectivity index (χ4n) is 3.88. The topological polar surface area (TPSA) is 87.4 Å². The number of nitrogens with two attached hydrogens (primary N) is 1. The van der Waals surface area contributed by atoms with E-state index in [9.17, 15) is 18.0 Å². The van der Waals surface area contributed by atoms with Crippen molar-refractivity contribution in [3.8, 4) is 11.1 Å². The Bertz CT molecular complexity index is 1150. The Kier molecular flexibility index (Phi) is 10.2. The van der Waals surface area contributed by atoms with E-state index < -0.39 is 28.7 Å². The lowest BCUT2D eigenvalue weighted by molar-refractivity contribution is -0.141. The molecule has 200 valence electrons. The molecule has 0 bridgehead atoms. The number of rotatable bonds is 7. The second-order valence-corrected chi connectivity index (χ2v) is 9.59. The number of likely N-dealkylation sites (N-methyl/N-ethyl adjacent to an activating group) is 1. The Morgan fingerprint density at radius 3 is 2.49 bits per heavy atom. The number of thiazole rings is 1. The molecule has 1 atom stereocenters. The standard InChI is InChI=1S/C24H27F3N6OS.C2H6/c1-32-8-10-33(11-9-32)15-19(28)23-31-21(24(25,26)27)20(35-23)22(34)30-13-16-4-2-5-17(12-16)18-6-3-7-29-14-18;1-2/h2-7,12,14,19H,8-11,13,15,28H2,1H3,(H,30,34);1-2H3. The van der Waals surface area contributed by atoms with Crippen molar-refractivity contribution in [2.24, 2.45) is 5.73 Å². The van der Waals surface area contributed by atoms with E-state index in [1.807, 2.05) is 51.2 Å². The molecule has 0 spiro atoms. The Hall–Kier alpha value is -2.86. The van der Waals surface area contributed by atoms with Crippen molar-refractivity contribution in [1.29, 1.82) is 0 Å². The lowest BCUT2D eigenvalue weighted by Gasteiger charge is -2.33. The molecule has 1 amide bonds. The van der Waals surface area contributed by atoms with E-state index in [-0.39, 0.29) is 11.6 Å². The normalized spacial score (nSPS) is 15.5. The summed E-state index contributed by atoms with van der Waals surface area (Å²) in [5.41, 5.74) is 7.58. The van der Waals surface area contributed by atoms with Gasteiger partial charge in [-0.1, -0.05) is 38.1 Å². The van der Waals surface area contributed by atoms with Crippen LogP contribution in [0.3, 0.4) is 0 Å². The average molecular weight is 535 g/mol. The molecule has 2 aromatic heterocycles. The smallest absolute Gasteiger partial charge is 0.347 e. The minimum absolute atomic E-state index is 0.0742. The van der Waals surface area contributed by atoms with Crippen molar-refractivity contribution in [1.82, 2.24) is 25.1 Å². The molecule has 7 nitrogen and oxygen atoms in total. The number of hydrogen-bond donors (Lipinski definition) is 2. The summed E-state index contributed by atoms with van der Waals surface area (Å²) in [4.78, 5) is 24.5. The number of carbonyl (C=O) groups excluding carboxylic acids is 1. The second-order valence-electron chi connectivity index (χ2n) is 8.56. The van der Waals surface area contributed by atoms with Gasteiger partial charge in [-0.25, -0.2) is 4.98 Å². The zero-order valence-corrected chi connectivity index (χ0v) is 22.1. The van der Waals surface area contributed by atoms with Crippen LogP contribution in [0.1, 0.15) is 45.8 Å². The molecule has 0 radical (unpaired) electrons. The fourth-order valence-corrected chi connectivity index (χ4v) is 4.88. The van der Waals surface area contributed by atoms with E-state index in [1.165, 1.54) is 0 Å². The number of benzene rings is 1. The quantitative estimate of drug-likeness (QED) is 0.467. The number of piperazine rings is 1. The Balaban J connectivity index is 0.00000186. The van der Waals surface area contributed by atoms with Crippen LogP contribution in [0.2, 0.25) is 0 Å². The first kappa shape index (κ1) is 28.7. The number of amides is 1. The van der Waals surface area contributed by atoms with Gasteiger partial charge in [-0.2, -0.15) is 13.2 Å². The van der Waals surface area contributed by atoms with Crippen LogP contribution in [-0.4, -0.2) is 65.4 Å². The van der Waals surface area contributed by atoms with Crippen molar-refractivity contribution >= 4 is 17.2 Å². The molecule has 3 N–H and O–H groups in total. The van der Waals surface area contributed by atoms with Gasteiger partial charge in [0.15, 0.2) is 5.69 Å². The molecule has 1 unspecified atom stereocenters. The molecule has 0 aliphatic carbocycles. The van der Waals surface area contributed by atoms with Crippen LogP contribution in [0.5, 0.6) is 0 Å². The molecule has 11 heteroatoms. The van der Waals surface area contributed by atoms with Crippen LogP contribution in [0, 0.1) is 0 Å². The first-order valence-electron chi connectivity index (χ1n) is 12.2. The minimum atomic E-state index is -4.75. The summed E-state index contributed by atoms with van der Waals surface area (Å²) in [6.45, 7) is 7.77. The van der Waals surface area contributed by atoms with Gasteiger partial charge in [0.1, 0.15) is 9.88 Å². The van der Waals surface area contributed by atoms with Gasteiger partial charge in [0.2, 0.25) is 0 Å². The van der Waals surface area contributed by atoms with Crippen LogP contribution in [0.25, 0.3) is 11.1 Å². The third kappa shape index (κ3) is 7.81. The van der Waals surface area contributed by atoms with E-state index in [0.717, 1.165) is 42.9 Å². The lowest BCUT2D eigenvalue weighted by Crippen LogP contribution is -2.46. The summed E-state index contributed by atoms with van der Waals surface area (Å²) >= 11 is 0.713. The Morgan fingerprint density at radius 2 is 1.84 bits per heavy atom. The third-order valence-electron chi connectivity index (χ3n) is 5.86. The molecule has 3 aromatic rings. The molecule has 1 fully saturated rings. The molecule has 4 rings (SSSR count). The van der Waals surface area contributed by atoms with Crippen LogP contribution in [-0.2, 0) is 12.7 Å². The molecule has 37 heavy (non-hydrogen) atoms. The van der Waals surface area contributed by atoms with Crippen molar-refractivity contribution in [2.45, 2.75) is 32.6 Å². The highest BCUT2D eigenvalue weighted by Gasteiger charge is 2.40. The largest absolute Gasteiger partial charge is 0.435 e. The predicted molar refractivity (Wildman–Crippen MR) is 140 cm³/mol. The molecule has 1 aliphatic rings. The minimum Gasteiger partial charge on any atom is -0.347 e. The number of hydrogen-bond acceptors (Lipinski definition) is 7. The van der Waals surface area contributed by atoms with E-state index in [2.05, 4.69) is 25.1 Å². The number of carbonyl (C=O) groups is 1.